The fourth-order valence-corrected chi connectivity index (χ4v) is 2.68. The summed E-state index contributed by atoms with van der Waals surface area (Å²) in [5, 5.41) is 20.7. The van der Waals surface area contributed by atoms with Crippen molar-refractivity contribution >= 4 is 11.8 Å². The molecular weight excluding hydrogens is 286 g/mol. The Kier molecular flexibility index (Phi) is 4.10. The fraction of sp³-hybridized carbons (Fsp3) is 0.500. The van der Waals surface area contributed by atoms with Crippen LogP contribution in [0.15, 0.2) is 18.3 Å². The molecule has 3 rings (SSSR count). The van der Waals surface area contributed by atoms with Gasteiger partial charge in [0.2, 0.25) is 0 Å². The number of carboxylic acids is 1. The van der Waals surface area contributed by atoms with Crippen molar-refractivity contribution in [2.75, 3.05) is 18.5 Å². The molecule has 0 bridgehead atoms. The van der Waals surface area contributed by atoms with E-state index in [0.717, 1.165) is 31.7 Å². The van der Waals surface area contributed by atoms with Gasteiger partial charge in [0.15, 0.2) is 0 Å². The third kappa shape index (κ3) is 2.96. The van der Waals surface area contributed by atoms with Crippen molar-refractivity contribution in [3.05, 3.63) is 29.7 Å². The maximum Gasteiger partial charge on any atom is 0.354 e. The first-order chi connectivity index (χ1) is 10.6. The Hall–Kier alpha value is -2.35. The van der Waals surface area contributed by atoms with Crippen molar-refractivity contribution in [3.8, 4) is 0 Å². The lowest BCUT2D eigenvalue weighted by atomic mass is 10.1. The molecule has 0 radical (unpaired) electrons. The summed E-state index contributed by atoms with van der Waals surface area (Å²) < 4.78 is 8.75. The molecule has 8 heteroatoms. The second kappa shape index (κ2) is 6.18. The molecule has 0 unspecified atom stereocenters. The lowest BCUT2D eigenvalue weighted by molar-refractivity contribution is 0.0654. The van der Waals surface area contributed by atoms with Gasteiger partial charge in [-0.2, -0.15) is 10.2 Å². The smallest absolute Gasteiger partial charge is 0.354 e. The highest BCUT2D eigenvalue weighted by Crippen LogP contribution is 2.22. The normalized spacial score (nSPS) is 15.9. The molecule has 0 aliphatic carbocycles. The number of aromatic nitrogens is 4. The maximum absolute atomic E-state index is 11.0. The number of nitrogens with one attached hydrogen (secondary N) is 1. The summed E-state index contributed by atoms with van der Waals surface area (Å²) in [6, 6.07) is 3.85. The quantitative estimate of drug-likeness (QED) is 0.864. The number of carbonyl (C=O) groups is 1. The molecule has 1 aliphatic rings. The van der Waals surface area contributed by atoms with Gasteiger partial charge < -0.3 is 15.2 Å². The average Bonchev–Trinajstić information content (AvgIpc) is 3.12. The van der Waals surface area contributed by atoms with Gasteiger partial charge in [-0.25, -0.2) is 4.79 Å². The van der Waals surface area contributed by atoms with Crippen LogP contribution in [-0.2, 0) is 18.3 Å². The molecule has 0 spiro atoms. The molecule has 2 N–H and O–H groups in total. The molecule has 0 amide bonds. The Bertz CT molecular complexity index is 657. The van der Waals surface area contributed by atoms with Crippen LogP contribution >= 0.6 is 0 Å². The number of hydrogen-bond donors (Lipinski definition) is 2. The number of aryl methyl sites for hydroxylation is 1. The topological polar surface area (TPSA) is 94.2 Å². The highest BCUT2D eigenvalue weighted by molar-refractivity contribution is 5.86. The van der Waals surface area contributed by atoms with Crippen molar-refractivity contribution in [3.63, 3.8) is 0 Å². The number of ether oxygens (including phenoxy) is 1. The molecule has 118 valence electrons. The second-order valence-electron chi connectivity index (χ2n) is 5.31. The first kappa shape index (κ1) is 14.6. The summed E-state index contributed by atoms with van der Waals surface area (Å²) in [6.45, 7) is 2.08. The van der Waals surface area contributed by atoms with Gasteiger partial charge in [-0.1, -0.05) is 0 Å². The molecule has 8 nitrogen and oxygen atoms in total. The van der Waals surface area contributed by atoms with E-state index >= 15 is 0 Å². The lowest BCUT2D eigenvalue weighted by Crippen LogP contribution is -2.22. The van der Waals surface area contributed by atoms with E-state index in [-0.39, 0.29) is 5.69 Å². The molecule has 0 saturated carbocycles. The molecule has 2 aromatic heterocycles. The number of hydrogen-bond acceptors (Lipinski definition) is 5. The maximum atomic E-state index is 11.0. The van der Waals surface area contributed by atoms with Gasteiger partial charge in [0, 0.05) is 32.5 Å². The molecule has 22 heavy (non-hydrogen) atoms. The molecule has 0 atom stereocenters. The Labute approximate surface area is 127 Å². The number of rotatable bonds is 5. The van der Waals surface area contributed by atoms with E-state index in [0.29, 0.717) is 18.4 Å². The van der Waals surface area contributed by atoms with Crippen LogP contribution in [0.25, 0.3) is 0 Å². The van der Waals surface area contributed by atoms with E-state index in [9.17, 15) is 4.79 Å². The highest BCUT2D eigenvalue weighted by Gasteiger charge is 2.19. The molecule has 1 saturated heterocycles. The van der Waals surface area contributed by atoms with Crippen LogP contribution < -0.4 is 5.32 Å². The van der Waals surface area contributed by atoms with Gasteiger partial charge >= 0.3 is 5.97 Å². The summed E-state index contributed by atoms with van der Waals surface area (Å²) in [6.07, 6.45) is 3.70. The summed E-state index contributed by atoms with van der Waals surface area (Å²) in [5.41, 5.74) is 1.20. The third-order valence-corrected chi connectivity index (χ3v) is 3.84. The molecule has 3 heterocycles. The number of anilines is 1. The molecule has 0 aromatic carbocycles. The standard InChI is InChI=1S/C14H19N5O3/c1-18-12(14(20)21)8-13(17-18)15-9-11-2-5-16-19(11)10-3-6-22-7-4-10/h2,5,8,10H,3-4,6-7,9H2,1H3,(H,15,17)(H,20,21). The average molecular weight is 305 g/mol. The first-order valence-electron chi connectivity index (χ1n) is 7.26. The van der Waals surface area contributed by atoms with E-state index in [2.05, 4.69) is 15.5 Å². The SMILES string of the molecule is Cn1nc(NCc2ccnn2C2CCOCC2)cc1C(=O)O. The predicted molar refractivity (Wildman–Crippen MR) is 78.8 cm³/mol. The number of aromatic carboxylic acids is 1. The zero-order valence-corrected chi connectivity index (χ0v) is 12.4. The van der Waals surface area contributed by atoms with E-state index in [1.165, 1.54) is 10.7 Å². The minimum atomic E-state index is -0.990. The van der Waals surface area contributed by atoms with Gasteiger partial charge in [0.25, 0.3) is 0 Å². The third-order valence-electron chi connectivity index (χ3n) is 3.84. The summed E-state index contributed by atoms with van der Waals surface area (Å²) in [7, 11) is 1.61. The van der Waals surface area contributed by atoms with Crippen molar-refractivity contribution in [1.82, 2.24) is 19.6 Å². The largest absolute Gasteiger partial charge is 0.477 e. The molecular formula is C14H19N5O3. The van der Waals surface area contributed by atoms with Crippen molar-refractivity contribution in [1.29, 1.82) is 0 Å². The highest BCUT2D eigenvalue weighted by atomic mass is 16.5. The Morgan fingerprint density at radius 2 is 2.27 bits per heavy atom. The summed E-state index contributed by atoms with van der Waals surface area (Å²) in [4.78, 5) is 11.0. The minimum Gasteiger partial charge on any atom is -0.477 e. The van der Waals surface area contributed by atoms with Gasteiger partial charge in [-0.3, -0.25) is 9.36 Å². The monoisotopic (exact) mass is 305 g/mol. The van der Waals surface area contributed by atoms with E-state index in [1.54, 1.807) is 13.2 Å². The van der Waals surface area contributed by atoms with E-state index < -0.39 is 5.97 Å². The Morgan fingerprint density at radius 1 is 1.50 bits per heavy atom. The van der Waals surface area contributed by atoms with Gasteiger partial charge in [0.05, 0.1) is 18.3 Å². The lowest BCUT2D eigenvalue weighted by Gasteiger charge is -2.24. The second-order valence-corrected chi connectivity index (χ2v) is 5.31. The van der Waals surface area contributed by atoms with Crippen LogP contribution in [0, 0.1) is 0 Å². The van der Waals surface area contributed by atoms with Crippen molar-refractivity contribution in [2.45, 2.75) is 25.4 Å². The zero-order valence-electron chi connectivity index (χ0n) is 12.4. The summed E-state index contributed by atoms with van der Waals surface area (Å²) in [5.74, 6) is -0.449. The predicted octanol–water partition coefficient (Wildman–Crippen LogP) is 1.28. The molecule has 1 fully saturated rings. The Balaban J connectivity index is 1.68. The Morgan fingerprint density at radius 3 is 2.95 bits per heavy atom. The van der Waals surface area contributed by atoms with Crippen molar-refractivity contribution < 1.29 is 14.6 Å². The van der Waals surface area contributed by atoms with Crippen molar-refractivity contribution in [2.24, 2.45) is 7.05 Å². The van der Waals surface area contributed by atoms with Crippen LogP contribution in [0.3, 0.4) is 0 Å². The van der Waals surface area contributed by atoms with Gasteiger partial charge in [0.1, 0.15) is 11.5 Å². The first-order valence-corrected chi connectivity index (χ1v) is 7.26. The van der Waals surface area contributed by atoms with Crippen LogP contribution in [0.5, 0.6) is 0 Å². The minimum absolute atomic E-state index is 0.153. The summed E-state index contributed by atoms with van der Waals surface area (Å²) >= 11 is 0. The van der Waals surface area contributed by atoms with Crippen LogP contribution in [0.4, 0.5) is 5.82 Å². The molecule has 2 aromatic rings. The van der Waals surface area contributed by atoms with Gasteiger partial charge in [-0.15, -0.1) is 0 Å². The number of nitrogens with zero attached hydrogens (tertiary/aromatic N) is 4. The van der Waals surface area contributed by atoms with Gasteiger partial charge in [-0.05, 0) is 18.9 Å². The zero-order chi connectivity index (χ0) is 15.5. The molecule has 1 aliphatic heterocycles. The number of carboxylic acid groups (broad SMARTS) is 1. The fourth-order valence-electron chi connectivity index (χ4n) is 2.68. The van der Waals surface area contributed by atoms with Crippen LogP contribution in [0.1, 0.15) is 35.1 Å². The van der Waals surface area contributed by atoms with E-state index in [4.69, 9.17) is 9.84 Å². The van der Waals surface area contributed by atoms with E-state index in [1.807, 2.05) is 10.7 Å². The van der Waals surface area contributed by atoms with Crippen LogP contribution in [-0.4, -0.2) is 43.9 Å². The van der Waals surface area contributed by atoms with Crippen LogP contribution in [0.2, 0.25) is 0 Å².